The fourth-order valence-electron chi connectivity index (χ4n) is 2.73. The predicted molar refractivity (Wildman–Crippen MR) is 111 cm³/mol. The maximum Gasteiger partial charge on any atom is 0.189 e. The van der Waals surface area contributed by atoms with Crippen molar-refractivity contribution in [3.63, 3.8) is 0 Å². The van der Waals surface area contributed by atoms with Crippen molar-refractivity contribution in [3.8, 4) is 17.2 Å². The smallest absolute Gasteiger partial charge is 0.189 e. The third-order valence-electron chi connectivity index (χ3n) is 4.18. The van der Waals surface area contributed by atoms with E-state index >= 15 is 0 Å². The van der Waals surface area contributed by atoms with Crippen molar-refractivity contribution in [2.45, 2.75) is 6.92 Å². The molecule has 0 atom stereocenters. The molecule has 3 rings (SSSR count). The number of hydrogen-bond donors (Lipinski definition) is 0. The average molecular weight is 417 g/mol. The van der Waals surface area contributed by atoms with Gasteiger partial charge >= 0.3 is 0 Å². The van der Waals surface area contributed by atoms with E-state index in [0.717, 1.165) is 5.69 Å². The van der Waals surface area contributed by atoms with Gasteiger partial charge in [0.1, 0.15) is 16.7 Å². The molecule has 1 aromatic heterocycles. The Hall–Kier alpha value is -2.76. The molecule has 0 aliphatic rings. The number of aromatic nitrogens is 2. The van der Waals surface area contributed by atoms with Crippen LogP contribution >= 0.6 is 23.2 Å². The summed E-state index contributed by atoms with van der Waals surface area (Å²) >= 11 is 12.5. The number of carbonyl (C=O) groups excluding carboxylic acids is 1. The van der Waals surface area contributed by atoms with E-state index in [1.807, 2.05) is 19.1 Å². The molecule has 144 valence electrons. The molecule has 2 aromatic carbocycles. The number of rotatable bonds is 6. The van der Waals surface area contributed by atoms with Crippen LogP contribution in [-0.4, -0.2) is 29.8 Å². The standard InChI is InChI=1S/C21H18Cl2N2O3/c1-13-17(21(23)25(24-13)15-6-4-5-14(22)11-15)9-10-19(26)18-8-7-16(27-2)12-20(18)28-3/h4-12H,1-3H3/b10-9+. The number of ketones is 1. The van der Waals surface area contributed by atoms with E-state index in [0.29, 0.717) is 38.5 Å². The normalized spacial score (nSPS) is 11.0. The summed E-state index contributed by atoms with van der Waals surface area (Å²) in [6.07, 6.45) is 3.10. The first kappa shape index (κ1) is 20.0. The Kier molecular flexibility index (Phi) is 6.07. The third kappa shape index (κ3) is 4.06. The van der Waals surface area contributed by atoms with Gasteiger partial charge in [0.15, 0.2) is 5.78 Å². The molecule has 0 spiro atoms. The highest BCUT2D eigenvalue weighted by molar-refractivity contribution is 6.32. The first-order chi connectivity index (χ1) is 13.4. The number of carbonyl (C=O) groups is 1. The highest BCUT2D eigenvalue weighted by Gasteiger charge is 2.15. The quantitative estimate of drug-likeness (QED) is 0.398. The second kappa shape index (κ2) is 8.50. The van der Waals surface area contributed by atoms with E-state index in [4.69, 9.17) is 32.7 Å². The second-order valence-corrected chi connectivity index (χ2v) is 6.74. The van der Waals surface area contributed by atoms with Gasteiger partial charge in [-0.15, -0.1) is 0 Å². The maximum absolute atomic E-state index is 12.6. The summed E-state index contributed by atoms with van der Waals surface area (Å²) in [5.41, 5.74) is 2.51. The Labute approximate surface area is 173 Å². The van der Waals surface area contributed by atoms with Crippen LogP contribution < -0.4 is 9.47 Å². The van der Waals surface area contributed by atoms with Crippen LogP contribution in [0.4, 0.5) is 0 Å². The maximum atomic E-state index is 12.6. The molecule has 0 bridgehead atoms. The molecule has 28 heavy (non-hydrogen) atoms. The lowest BCUT2D eigenvalue weighted by Crippen LogP contribution is -1.99. The summed E-state index contributed by atoms with van der Waals surface area (Å²) in [7, 11) is 3.06. The Bertz CT molecular complexity index is 1060. The molecule has 1 heterocycles. The summed E-state index contributed by atoms with van der Waals surface area (Å²) in [6, 6.07) is 12.2. The highest BCUT2D eigenvalue weighted by Crippen LogP contribution is 2.28. The summed E-state index contributed by atoms with van der Waals surface area (Å²) in [4.78, 5) is 12.6. The predicted octanol–water partition coefficient (Wildman–Crippen LogP) is 5.40. The van der Waals surface area contributed by atoms with Gasteiger partial charge in [0.2, 0.25) is 0 Å². The average Bonchev–Trinajstić information content (AvgIpc) is 2.99. The summed E-state index contributed by atoms with van der Waals surface area (Å²) in [5, 5.41) is 5.43. The molecule has 3 aromatic rings. The number of aryl methyl sites for hydroxylation is 1. The summed E-state index contributed by atoms with van der Waals surface area (Å²) < 4.78 is 12.0. The van der Waals surface area contributed by atoms with Crippen LogP contribution in [0.5, 0.6) is 11.5 Å². The van der Waals surface area contributed by atoms with Crippen molar-refractivity contribution in [2.24, 2.45) is 0 Å². The molecule has 0 amide bonds. The Morgan fingerprint density at radius 1 is 1.11 bits per heavy atom. The molecular formula is C21H18Cl2N2O3. The fourth-order valence-corrected chi connectivity index (χ4v) is 3.25. The van der Waals surface area contributed by atoms with E-state index in [9.17, 15) is 4.79 Å². The summed E-state index contributed by atoms with van der Waals surface area (Å²) in [5.74, 6) is 0.830. The molecule has 0 fully saturated rings. The van der Waals surface area contributed by atoms with Crippen LogP contribution in [0.15, 0.2) is 48.5 Å². The van der Waals surface area contributed by atoms with Gasteiger partial charge in [-0.1, -0.05) is 29.3 Å². The molecular weight excluding hydrogens is 399 g/mol. The number of benzene rings is 2. The lowest BCUT2D eigenvalue weighted by molar-refractivity contribution is 0.104. The van der Waals surface area contributed by atoms with Gasteiger partial charge in [-0.3, -0.25) is 4.79 Å². The highest BCUT2D eigenvalue weighted by atomic mass is 35.5. The molecule has 0 N–H and O–H groups in total. The minimum Gasteiger partial charge on any atom is -0.497 e. The van der Waals surface area contributed by atoms with Crippen molar-refractivity contribution in [3.05, 3.63) is 75.5 Å². The Morgan fingerprint density at radius 2 is 1.89 bits per heavy atom. The second-order valence-electron chi connectivity index (χ2n) is 5.95. The lowest BCUT2D eigenvalue weighted by atomic mass is 10.1. The van der Waals surface area contributed by atoms with Gasteiger partial charge in [-0.2, -0.15) is 5.10 Å². The number of ether oxygens (including phenoxy) is 2. The lowest BCUT2D eigenvalue weighted by Gasteiger charge is -2.07. The van der Waals surface area contributed by atoms with Crippen LogP contribution in [-0.2, 0) is 0 Å². The largest absolute Gasteiger partial charge is 0.497 e. The van der Waals surface area contributed by atoms with E-state index in [2.05, 4.69) is 5.10 Å². The first-order valence-electron chi connectivity index (χ1n) is 8.40. The number of nitrogens with zero attached hydrogens (tertiary/aromatic N) is 2. The molecule has 0 radical (unpaired) electrons. The van der Waals surface area contributed by atoms with Crippen LogP contribution in [0.3, 0.4) is 0 Å². The molecule has 0 aliphatic heterocycles. The third-order valence-corrected chi connectivity index (χ3v) is 4.78. The fraction of sp³-hybridized carbons (Fsp3) is 0.143. The molecule has 0 aliphatic carbocycles. The number of halogens is 2. The molecule has 5 nitrogen and oxygen atoms in total. The zero-order valence-corrected chi connectivity index (χ0v) is 17.1. The number of hydrogen-bond acceptors (Lipinski definition) is 4. The van der Waals surface area contributed by atoms with Gasteiger partial charge in [-0.25, -0.2) is 4.68 Å². The van der Waals surface area contributed by atoms with E-state index < -0.39 is 0 Å². The molecule has 7 heteroatoms. The molecule has 0 unspecified atom stereocenters. The van der Waals surface area contributed by atoms with Gasteiger partial charge in [0.25, 0.3) is 0 Å². The van der Waals surface area contributed by atoms with E-state index in [1.54, 1.807) is 48.2 Å². The van der Waals surface area contributed by atoms with Gasteiger partial charge in [0.05, 0.1) is 31.2 Å². The minimum absolute atomic E-state index is 0.217. The monoisotopic (exact) mass is 416 g/mol. The van der Waals surface area contributed by atoms with E-state index in [-0.39, 0.29) is 5.78 Å². The van der Waals surface area contributed by atoms with Crippen molar-refractivity contribution in [1.82, 2.24) is 9.78 Å². The van der Waals surface area contributed by atoms with Crippen molar-refractivity contribution in [1.29, 1.82) is 0 Å². The van der Waals surface area contributed by atoms with Crippen LogP contribution in [0.2, 0.25) is 10.2 Å². The first-order valence-corrected chi connectivity index (χ1v) is 9.15. The van der Waals surface area contributed by atoms with Crippen LogP contribution in [0.25, 0.3) is 11.8 Å². The van der Waals surface area contributed by atoms with Crippen LogP contribution in [0.1, 0.15) is 21.6 Å². The van der Waals surface area contributed by atoms with Gasteiger partial charge in [-0.05, 0) is 49.4 Å². The van der Waals surface area contributed by atoms with Crippen molar-refractivity contribution < 1.29 is 14.3 Å². The zero-order valence-electron chi connectivity index (χ0n) is 15.6. The summed E-state index contributed by atoms with van der Waals surface area (Å²) in [6.45, 7) is 1.82. The molecule has 0 saturated carbocycles. The van der Waals surface area contributed by atoms with Crippen LogP contribution in [0, 0.1) is 6.92 Å². The number of allylic oxidation sites excluding steroid dienone is 1. The van der Waals surface area contributed by atoms with Crippen molar-refractivity contribution in [2.75, 3.05) is 14.2 Å². The molecule has 0 saturated heterocycles. The topological polar surface area (TPSA) is 53.3 Å². The Morgan fingerprint density at radius 3 is 2.57 bits per heavy atom. The van der Waals surface area contributed by atoms with Gasteiger partial charge < -0.3 is 9.47 Å². The van der Waals surface area contributed by atoms with Gasteiger partial charge in [0, 0.05) is 16.7 Å². The van der Waals surface area contributed by atoms with E-state index in [1.165, 1.54) is 13.2 Å². The SMILES string of the molecule is COc1ccc(C(=O)/C=C/c2c(C)nn(-c3cccc(Cl)c3)c2Cl)c(OC)c1. The zero-order chi connectivity index (χ0) is 20.3. The minimum atomic E-state index is -0.217. The van der Waals surface area contributed by atoms with Crippen molar-refractivity contribution >= 4 is 35.1 Å². The Balaban J connectivity index is 1.92. The number of methoxy groups -OCH3 is 2.